The number of rotatable bonds is 8. The first-order valence-electron chi connectivity index (χ1n) is 14.3. The van der Waals surface area contributed by atoms with Crippen LogP contribution < -0.4 is 14.8 Å². The fourth-order valence-electron chi connectivity index (χ4n) is 5.92. The van der Waals surface area contributed by atoms with Gasteiger partial charge >= 0.3 is 7.12 Å². The molecule has 0 unspecified atom stereocenters. The summed E-state index contributed by atoms with van der Waals surface area (Å²) >= 11 is 0. The molecule has 0 heterocycles. The normalized spacial score (nSPS) is 11.3. The Balaban J connectivity index is 1.60. The van der Waals surface area contributed by atoms with Gasteiger partial charge in [-0.3, -0.25) is 0 Å². The van der Waals surface area contributed by atoms with Crippen molar-refractivity contribution < 1.29 is 9.31 Å². The fraction of sp³-hybridized carbons (Fsp3) is 0.189. The summed E-state index contributed by atoms with van der Waals surface area (Å²) in [5.74, 6) is 1.68. The maximum Gasteiger partial charge on any atom is 0.633 e. The molecular formula is C37H35BO2. The highest BCUT2D eigenvalue weighted by molar-refractivity contribution is 6.66. The van der Waals surface area contributed by atoms with Crippen LogP contribution in [0, 0.1) is 20.8 Å². The smallest absolute Gasteiger partial charge is 0.521 e. The molecule has 6 aromatic rings. The molecule has 0 saturated carbocycles. The summed E-state index contributed by atoms with van der Waals surface area (Å²) in [7, 11) is -0.632. The average molecular weight is 522 g/mol. The van der Waals surface area contributed by atoms with Gasteiger partial charge in [-0.2, -0.15) is 0 Å². The molecule has 0 bridgehead atoms. The number of hydrogen-bond acceptors (Lipinski definition) is 2. The van der Waals surface area contributed by atoms with Crippen molar-refractivity contribution >= 4 is 44.9 Å². The van der Waals surface area contributed by atoms with Gasteiger partial charge in [0.25, 0.3) is 0 Å². The second-order valence-corrected chi connectivity index (χ2v) is 10.9. The van der Waals surface area contributed by atoms with Crippen LogP contribution in [0.1, 0.15) is 42.0 Å². The summed E-state index contributed by atoms with van der Waals surface area (Å²) in [6.07, 6.45) is 3.22. The quantitative estimate of drug-likeness (QED) is 0.186. The predicted molar refractivity (Wildman–Crippen MR) is 171 cm³/mol. The first kappa shape index (κ1) is 26.0. The second kappa shape index (κ2) is 11.1. The zero-order valence-electron chi connectivity index (χ0n) is 23.8. The van der Waals surface area contributed by atoms with E-state index in [9.17, 15) is 0 Å². The van der Waals surface area contributed by atoms with E-state index in [0.29, 0.717) is 0 Å². The molecule has 0 aliphatic carbocycles. The van der Waals surface area contributed by atoms with Crippen molar-refractivity contribution in [1.82, 2.24) is 0 Å². The van der Waals surface area contributed by atoms with Crippen LogP contribution in [0.25, 0.3) is 32.3 Å². The van der Waals surface area contributed by atoms with Crippen LogP contribution in [-0.4, -0.2) is 7.12 Å². The van der Waals surface area contributed by atoms with E-state index >= 15 is 0 Å². The van der Waals surface area contributed by atoms with E-state index in [4.69, 9.17) is 9.31 Å². The van der Waals surface area contributed by atoms with E-state index in [-0.39, 0.29) is 0 Å². The van der Waals surface area contributed by atoms with Gasteiger partial charge in [0.2, 0.25) is 0 Å². The lowest BCUT2D eigenvalue weighted by atomic mass is 9.70. The Bertz CT molecular complexity index is 1750. The molecule has 0 N–H and O–H groups in total. The van der Waals surface area contributed by atoms with E-state index in [1.807, 2.05) is 0 Å². The van der Waals surface area contributed by atoms with Crippen molar-refractivity contribution in [3.63, 3.8) is 0 Å². The summed E-state index contributed by atoms with van der Waals surface area (Å²) in [5.41, 5.74) is 6.05. The Labute approximate surface area is 237 Å². The Hall–Kier alpha value is -4.24. The van der Waals surface area contributed by atoms with Crippen molar-refractivity contribution in [3.05, 3.63) is 125 Å². The molecule has 6 rings (SSSR count). The molecule has 198 valence electrons. The summed E-state index contributed by atoms with van der Waals surface area (Å²) in [4.78, 5) is 0. The van der Waals surface area contributed by atoms with Crippen LogP contribution in [0.2, 0.25) is 0 Å². The summed E-state index contributed by atoms with van der Waals surface area (Å²) in [6, 6.07) is 36.5. The number of unbranched alkanes of at least 4 members (excludes halogenated alkanes) is 1. The molecule has 0 spiro atoms. The summed E-state index contributed by atoms with van der Waals surface area (Å²) < 4.78 is 14.1. The van der Waals surface area contributed by atoms with Gasteiger partial charge in [-0.05, 0) is 89.5 Å². The standard InChI is InChI=1S/C37H35BO2/c1-5-6-16-31-27(4)24-30-15-9-12-19-34(30)37(31)38(39-35-22-25(2)20-28-13-7-10-17-32(28)35)40-36-23-26(3)21-29-14-8-11-18-33(29)36/h7-15,17-24H,5-6,16H2,1-4H3. The van der Waals surface area contributed by atoms with Crippen LogP contribution in [0.5, 0.6) is 11.5 Å². The number of benzene rings is 6. The third-order valence-corrected chi connectivity index (χ3v) is 7.84. The molecule has 0 aliphatic heterocycles. The van der Waals surface area contributed by atoms with Gasteiger partial charge in [0, 0.05) is 16.2 Å². The van der Waals surface area contributed by atoms with Crippen molar-refractivity contribution in [1.29, 1.82) is 0 Å². The highest BCUT2D eigenvalue weighted by Crippen LogP contribution is 2.32. The highest BCUT2D eigenvalue weighted by atomic mass is 16.6. The van der Waals surface area contributed by atoms with Gasteiger partial charge in [-0.25, -0.2) is 0 Å². The molecule has 0 saturated heterocycles. The van der Waals surface area contributed by atoms with E-state index in [1.165, 1.54) is 21.9 Å². The number of hydrogen-bond donors (Lipinski definition) is 0. The van der Waals surface area contributed by atoms with Gasteiger partial charge in [0.1, 0.15) is 11.5 Å². The first-order chi connectivity index (χ1) is 19.5. The van der Waals surface area contributed by atoms with Gasteiger partial charge < -0.3 is 9.31 Å². The van der Waals surface area contributed by atoms with Gasteiger partial charge in [-0.15, -0.1) is 0 Å². The molecule has 40 heavy (non-hydrogen) atoms. The monoisotopic (exact) mass is 522 g/mol. The van der Waals surface area contributed by atoms with E-state index in [2.05, 4.69) is 131 Å². The average Bonchev–Trinajstić information content (AvgIpc) is 2.95. The predicted octanol–water partition coefficient (Wildman–Crippen LogP) is 9.27. The minimum Gasteiger partial charge on any atom is -0.521 e. The van der Waals surface area contributed by atoms with E-state index in [1.54, 1.807) is 0 Å². The van der Waals surface area contributed by atoms with Gasteiger partial charge in [0.05, 0.1) is 0 Å². The zero-order chi connectivity index (χ0) is 27.6. The first-order valence-corrected chi connectivity index (χ1v) is 14.3. The van der Waals surface area contributed by atoms with Crippen LogP contribution in [0.15, 0.2) is 103 Å². The van der Waals surface area contributed by atoms with Crippen molar-refractivity contribution in [3.8, 4) is 11.5 Å². The molecule has 0 aromatic heterocycles. The minimum absolute atomic E-state index is 0.632. The van der Waals surface area contributed by atoms with Crippen molar-refractivity contribution in [2.45, 2.75) is 47.0 Å². The van der Waals surface area contributed by atoms with Crippen LogP contribution in [0.3, 0.4) is 0 Å². The summed E-state index contributed by atoms with van der Waals surface area (Å²) in [5, 5.41) is 6.88. The third kappa shape index (κ3) is 5.04. The van der Waals surface area contributed by atoms with Crippen LogP contribution in [0.4, 0.5) is 0 Å². The second-order valence-electron chi connectivity index (χ2n) is 10.9. The van der Waals surface area contributed by atoms with Gasteiger partial charge in [-0.1, -0.05) is 104 Å². The summed E-state index contributed by atoms with van der Waals surface area (Å²) in [6.45, 7) is 8.72. The molecule has 0 amide bonds. The van der Waals surface area contributed by atoms with E-state index in [0.717, 1.165) is 68.9 Å². The van der Waals surface area contributed by atoms with E-state index < -0.39 is 7.12 Å². The Morgan fingerprint density at radius 2 is 1.05 bits per heavy atom. The Morgan fingerprint density at radius 1 is 0.575 bits per heavy atom. The molecule has 0 aliphatic rings. The molecule has 0 radical (unpaired) electrons. The number of fused-ring (bicyclic) bond motifs is 3. The Morgan fingerprint density at radius 3 is 1.57 bits per heavy atom. The van der Waals surface area contributed by atoms with Crippen molar-refractivity contribution in [2.24, 2.45) is 0 Å². The molecule has 0 fully saturated rings. The van der Waals surface area contributed by atoms with Crippen LogP contribution in [-0.2, 0) is 6.42 Å². The SMILES string of the molecule is CCCCc1c(C)cc2ccccc2c1B(Oc1cc(C)cc2ccccc12)Oc1cc(C)cc2ccccc12. The maximum atomic E-state index is 7.05. The highest BCUT2D eigenvalue weighted by Gasteiger charge is 2.33. The Kier molecular flexibility index (Phi) is 7.22. The minimum atomic E-state index is -0.632. The molecule has 3 heteroatoms. The van der Waals surface area contributed by atoms with Crippen molar-refractivity contribution in [2.75, 3.05) is 0 Å². The topological polar surface area (TPSA) is 18.5 Å². The largest absolute Gasteiger partial charge is 0.633 e. The molecule has 0 atom stereocenters. The fourth-order valence-corrected chi connectivity index (χ4v) is 5.92. The maximum absolute atomic E-state index is 7.05. The third-order valence-electron chi connectivity index (χ3n) is 7.84. The number of aryl methyl sites for hydroxylation is 3. The van der Waals surface area contributed by atoms with Crippen LogP contribution >= 0.6 is 0 Å². The zero-order valence-corrected chi connectivity index (χ0v) is 23.8. The molecular weight excluding hydrogens is 487 g/mol. The lowest BCUT2D eigenvalue weighted by molar-refractivity contribution is 0.444. The molecule has 2 nitrogen and oxygen atoms in total. The lowest BCUT2D eigenvalue weighted by Gasteiger charge is -2.24. The lowest BCUT2D eigenvalue weighted by Crippen LogP contribution is -2.45. The van der Waals surface area contributed by atoms with Gasteiger partial charge in [0.15, 0.2) is 0 Å². The molecule has 6 aromatic carbocycles.